The first-order chi connectivity index (χ1) is 17.1. The maximum atomic E-state index is 13.5. The minimum Gasteiger partial charge on any atom is -0.467 e. The largest absolute Gasteiger partial charge is 0.467 e. The standard InChI is InChI=1S/C26H31N5O5/c1-15(2)26(24(34)28-25(35)29-26)19-8-6-18(7-9-19)22(32)31-11-10-30(14-20(31)23(33)36-5)21-17(4)12-16(3)13-27-21/h6-9,12-13,15,20H,10-11,14H2,1-5H3,(H2,28,29,34,35). The number of rotatable bonds is 5. The van der Waals surface area contributed by atoms with E-state index in [-0.39, 0.29) is 18.4 Å². The third-order valence-corrected chi connectivity index (χ3v) is 6.95. The number of nitrogens with zero attached hydrogens (tertiary/aromatic N) is 3. The summed E-state index contributed by atoms with van der Waals surface area (Å²) in [4.78, 5) is 58.7. The maximum Gasteiger partial charge on any atom is 0.330 e. The van der Waals surface area contributed by atoms with Crippen molar-refractivity contribution >= 4 is 29.6 Å². The van der Waals surface area contributed by atoms with E-state index < -0.39 is 29.5 Å². The number of methoxy groups -OCH3 is 1. The number of carbonyl (C=O) groups is 4. The molecule has 2 N–H and O–H groups in total. The molecule has 0 saturated carbocycles. The first-order valence-corrected chi connectivity index (χ1v) is 11.9. The number of hydrogen-bond acceptors (Lipinski definition) is 7. The number of nitrogens with one attached hydrogen (secondary N) is 2. The first-order valence-electron chi connectivity index (χ1n) is 11.9. The smallest absolute Gasteiger partial charge is 0.330 e. The van der Waals surface area contributed by atoms with Gasteiger partial charge in [-0.3, -0.25) is 14.9 Å². The summed E-state index contributed by atoms with van der Waals surface area (Å²) in [6, 6.07) is 7.25. The summed E-state index contributed by atoms with van der Waals surface area (Å²) in [5.41, 5.74) is 1.78. The van der Waals surface area contributed by atoms with E-state index in [2.05, 4.69) is 15.6 Å². The van der Waals surface area contributed by atoms with Crippen molar-refractivity contribution in [3.63, 3.8) is 0 Å². The molecule has 36 heavy (non-hydrogen) atoms. The molecule has 2 fully saturated rings. The molecule has 2 aliphatic rings. The average molecular weight is 494 g/mol. The van der Waals surface area contributed by atoms with Gasteiger partial charge < -0.3 is 19.9 Å². The number of pyridine rings is 1. The number of carbonyl (C=O) groups excluding carboxylic acids is 4. The minimum absolute atomic E-state index is 0.221. The minimum atomic E-state index is -1.21. The number of benzene rings is 1. The highest BCUT2D eigenvalue weighted by molar-refractivity contribution is 6.07. The zero-order valence-corrected chi connectivity index (χ0v) is 21.1. The van der Waals surface area contributed by atoms with Crippen LogP contribution in [0.15, 0.2) is 36.5 Å². The molecule has 2 aliphatic heterocycles. The Hall–Kier alpha value is -3.95. The predicted molar refractivity (Wildman–Crippen MR) is 132 cm³/mol. The van der Waals surface area contributed by atoms with E-state index in [4.69, 9.17) is 4.74 Å². The van der Waals surface area contributed by atoms with E-state index in [1.807, 2.05) is 38.7 Å². The van der Waals surface area contributed by atoms with Crippen LogP contribution in [0.4, 0.5) is 10.6 Å². The molecule has 1 aromatic carbocycles. The van der Waals surface area contributed by atoms with Crippen molar-refractivity contribution in [3.05, 3.63) is 58.8 Å². The fourth-order valence-electron chi connectivity index (χ4n) is 5.05. The Morgan fingerprint density at radius 3 is 2.39 bits per heavy atom. The molecule has 1 aromatic heterocycles. The second-order valence-corrected chi connectivity index (χ2v) is 9.59. The molecule has 0 radical (unpaired) electrons. The molecule has 3 heterocycles. The highest BCUT2D eigenvalue weighted by Gasteiger charge is 2.50. The van der Waals surface area contributed by atoms with Crippen LogP contribution in [0.5, 0.6) is 0 Å². The molecule has 2 saturated heterocycles. The van der Waals surface area contributed by atoms with Gasteiger partial charge in [-0.2, -0.15) is 0 Å². The number of aromatic nitrogens is 1. The van der Waals surface area contributed by atoms with Gasteiger partial charge in [0.25, 0.3) is 11.8 Å². The molecule has 10 nitrogen and oxygen atoms in total. The zero-order valence-electron chi connectivity index (χ0n) is 21.1. The van der Waals surface area contributed by atoms with E-state index in [1.54, 1.807) is 30.5 Å². The summed E-state index contributed by atoms with van der Waals surface area (Å²) in [6.07, 6.45) is 1.78. The van der Waals surface area contributed by atoms with Gasteiger partial charge >= 0.3 is 12.0 Å². The fourth-order valence-corrected chi connectivity index (χ4v) is 5.05. The Balaban J connectivity index is 1.58. The Bertz CT molecular complexity index is 1210. The van der Waals surface area contributed by atoms with Crippen LogP contribution in [0, 0.1) is 19.8 Å². The summed E-state index contributed by atoms with van der Waals surface area (Å²) in [6.45, 7) is 8.71. The molecule has 0 bridgehead atoms. The number of aryl methyl sites for hydroxylation is 2. The number of piperazine rings is 1. The van der Waals surface area contributed by atoms with Crippen LogP contribution in [-0.2, 0) is 19.9 Å². The van der Waals surface area contributed by atoms with Crippen molar-refractivity contribution in [3.8, 4) is 0 Å². The highest BCUT2D eigenvalue weighted by Crippen LogP contribution is 2.33. The number of urea groups is 1. The molecule has 190 valence electrons. The summed E-state index contributed by atoms with van der Waals surface area (Å²) in [5.74, 6) is -0.686. The van der Waals surface area contributed by atoms with E-state index in [0.717, 1.165) is 16.9 Å². The maximum absolute atomic E-state index is 13.5. The van der Waals surface area contributed by atoms with E-state index in [0.29, 0.717) is 24.2 Å². The van der Waals surface area contributed by atoms with Gasteiger partial charge in [0, 0.05) is 24.8 Å². The van der Waals surface area contributed by atoms with E-state index in [1.165, 1.54) is 12.0 Å². The fraction of sp³-hybridized carbons (Fsp3) is 0.423. The first kappa shape index (κ1) is 25.2. The second-order valence-electron chi connectivity index (χ2n) is 9.59. The lowest BCUT2D eigenvalue weighted by molar-refractivity contribution is -0.146. The van der Waals surface area contributed by atoms with Gasteiger partial charge in [-0.1, -0.05) is 32.0 Å². The van der Waals surface area contributed by atoms with Crippen molar-refractivity contribution in [1.82, 2.24) is 20.5 Å². The Labute approximate surface area is 210 Å². The van der Waals surface area contributed by atoms with E-state index >= 15 is 0 Å². The van der Waals surface area contributed by atoms with Crippen molar-refractivity contribution < 1.29 is 23.9 Å². The number of anilines is 1. The molecule has 2 aromatic rings. The average Bonchev–Trinajstić information content (AvgIpc) is 3.17. The van der Waals surface area contributed by atoms with Gasteiger partial charge in [0.1, 0.15) is 17.4 Å². The lowest BCUT2D eigenvalue weighted by Gasteiger charge is -2.41. The summed E-state index contributed by atoms with van der Waals surface area (Å²) in [7, 11) is 1.31. The van der Waals surface area contributed by atoms with Crippen molar-refractivity contribution in [2.75, 3.05) is 31.6 Å². The Morgan fingerprint density at radius 1 is 1.14 bits per heavy atom. The monoisotopic (exact) mass is 493 g/mol. The quantitative estimate of drug-likeness (QED) is 0.482. The van der Waals surface area contributed by atoms with Crippen LogP contribution in [-0.4, -0.2) is 66.5 Å². The van der Waals surface area contributed by atoms with Crippen LogP contribution in [0.25, 0.3) is 0 Å². The van der Waals surface area contributed by atoms with Crippen molar-refractivity contribution in [1.29, 1.82) is 0 Å². The number of hydrogen-bond donors (Lipinski definition) is 2. The number of esters is 1. The second kappa shape index (κ2) is 9.60. The Morgan fingerprint density at radius 2 is 1.83 bits per heavy atom. The van der Waals surface area contributed by atoms with Crippen LogP contribution in [0.2, 0.25) is 0 Å². The lowest BCUT2D eigenvalue weighted by Crippen LogP contribution is -2.59. The number of imide groups is 1. The molecule has 0 spiro atoms. The Kier molecular flexibility index (Phi) is 6.71. The van der Waals surface area contributed by atoms with Crippen molar-refractivity contribution in [2.24, 2.45) is 5.92 Å². The van der Waals surface area contributed by atoms with E-state index in [9.17, 15) is 19.2 Å². The summed E-state index contributed by atoms with van der Waals surface area (Å²) >= 11 is 0. The molecule has 4 amide bonds. The topological polar surface area (TPSA) is 121 Å². The SMILES string of the molecule is COC(=O)C1CN(c2ncc(C)cc2C)CCN1C(=O)c1ccc(C2(C(C)C)NC(=O)NC2=O)cc1. The molecule has 2 atom stereocenters. The number of amides is 4. The summed E-state index contributed by atoms with van der Waals surface area (Å²) in [5, 5.41) is 5.04. The zero-order chi connectivity index (χ0) is 26.2. The van der Waals surface area contributed by atoms with Crippen molar-refractivity contribution in [2.45, 2.75) is 39.3 Å². The predicted octanol–water partition coefficient (Wildman–Crippen LogP) is 1.89. The van der Waals surface area contributed by atoms with Gasteiger partial charge in [-0.15, -0.1) is 0 Å². The highest BCUT2D eigenvalue weighted by atomic mass is 16.5. The lowest BCUT2D eigenvalue weighted by atomic mass is 9.79. The van der Waals surface area contributed by atoms with Crippen LogP contribution in [0.1, 0.15) is 40.9 Å². The summed E-state index contributed by atoms with van der Waals surface area (Å²) < 4.78 is 5.02. The molecular formula is C26H31N5O5. The third kappa shape index (κ3) is 4.27. The molecule has 10 heteroatoms. The normalized spacial score (nSPS) is 21.9. The van der Waals surface area contributed by atoms with Crippen LogP contribution >= 0.6 is 0 Å². The third-order valence-electron chi connectivity index (χ3n) is 6.95. The van der Waals surface area contributed by atoms with Gasteiger partial charge in [0.2, 0.25) is 0 Å². The van der Waals surface area contributed by atoms with Crippen LogP contribution in [0.3, 0.4) is 0 Å². The van der Waals surface area contributed by atoms with Gasteiger partial charge in [-0.05, 0) is 48.6 Å². The number of ether oxygens (including phenoxy) is 1. The van der Waals surface area contributed by atoms with Crippen LogP contribution < -0.4 is 15.5 Å². The molecule has 0 aliphatic carbocycles. The van der Waals surface area contributed by atoms with Gasteiger partial charge in [-0.25, -0.2) is 14.6 Å². The molecule has 4 rings (SSSR count). The van der Waals surface area contributed by atoms with Gasteiger partial charge in [0.15, 0.2) is 0 Å². The van der Waals surface area contributed by atoms with Gasteiger partial charge in [0.05, 0.1) is 13.7 Å². The molecular weight excluding hydrogens is 462 g/mol. The molecule has 2 unspecified atom stereocenters.